The van der Waals surface area contributed by atoms with Gasteiger partial charge in [0, 0.05) is 0 Å². The van der Waals surface area contributed by atoms with E-state index in [1.807, 2.05) is 25.1 Å². The molecule has 0 aliphatic carbocycles. The number of benzene rings is 1. The fraction of sp³-hybridized carbons (Fsp3) is 0.417. The van der Waals surface area contributed by atoms with Crippen molar-refractivity contribution in [1.82, 2.24) is 5.32 Å². The summed E-state index contributed by atoms with van der Waals surface area (Å²) >= 11 is 11.2. The van der Waals surface area contributed by atoms with Crippen molar-refractivity contribution in [2.75, 3.05) is 16.8 Å². The predicted molar refractivity (Wildman–Crippen MR) is 82.5 cm³/mol. The summed E-state index contributed by atoms with van der Waals surface area (Å²) in [5, 5.41) is 7.00. The molecule has 1 aromatic rings. The summed E-state index contributed by atoms with van der Waals surface area (Å²) in [6, 6.07) is 7.24. The fourth-order valence-electron chi connectivity index (χ4n) is 2.10. The topological polar surface area (TPSA) is 58.2 Å². The maximum atomic E-state index is 11.5. The van der Waals surface area contributed by atoms with Gasteiger partial charge in [-0.25, -0.2) is 8.42 Å². The smallest absolute Gasteiger partial charge is 0.171 e. The number of hydrogen-bond donors (Lipinski definition) is 2. The summed E-state index contributed by atoms with van der Waals surface area (Å²) in [4.78, 5) is 0. The zero-order valence-electron chi connectivity index (χ0n) is 10.4. The SMILES string of the molecule is C[C@@]1(NC(=S)Nc2ccccc2Cl)CCS(=O)(=O)C1. The number of hydrogen-bond acceptors (Lipinski definition) is 3. The van der Waals surface area contributed by atoms with Crippen molar-refractivity contribution >= 4 is 44.5 Å². The highest BCUT2D eigenvalue weighted by molar-refractivity contribution is 7.91. The van der Waals surface area contributed by atoms with E-state index in [2.05, 4.69) is 10.6 Å². The highest BCUT2D eigenvalue weighted by atomic mass is 35.5. The third kappa shape index (κ3) is 3.81. The van der Waals surface area contributed by atoms with Gasteiger partial charge in [0.2, 0.25) is 0 Å². The number of halogens is 1. The summed E-state index contributed by atoms with van der Waals surface area (Å²) < 4.78 is 23.0. The van der Waals surface area contributed by atoms with E-state index in [4.69, 9.17) is 23.8 Å². The fourth-order valence-corrected chi connectivity index (χ4v) is 4.73. The Morgan fingerprint density at radius 2 is 2.11 bits per heavy atom. The molecule has 7 heteroatoms. The van der Waals surface area contributed by atoms with Gasteiger partial charge in [-0.1, -0.05) is 23.7 Å². The number of para-hydroxylation sites is 1. The van der Waals surface area contributed by atoms with E-state index in [-0.39, 0.29) is 11.5 Å². The molecular formula is C12H15ClN2O2S2. The highest BCUT2D eigenvalue weighted by Crippen LogP contribution is 2.24. The molecule has 2 N–H and O–H groups in total. The van der Waals surface area contributed by atoms with E-state index in [1.165, 1.54) is 0 Å². The van der Waals surface area contributed by atoms with Crippen molar-refractivity contribution in [1.29, 1.82) is 0 Å². The molecular weight excluding hydrogens is 304 g/mol. The molecule has 104 valence electrons. The van der Waals surface area contributed by atoms with Crippen LogP contribution in [0.4, 0.5) is 5.69 Å². The van der Waals surface area contributed by atoms with Crippen LogP contribution in [0.5, 0.6) is 0 Å². The number of anilines is 1. The summed E-state index contributed by atoms with van der Waals surface area (Å²) in [6.07, 6.45) is 0.555. The first-order valence-electron chi connectivity index (χ1n) is 5.84. The molecule has 0 amide bonds. The minimum atomic E-state index is -2.96. The van der Waals surface area contributed by atoms with Gasteiger partial charge in [-0.2, -0.15) is 0 Å². The van der Waals surface area contributed by atoms with Crippen LogP contribution < -0.4 is 10.6 Å². The highest BCUT2D eigenvalue weighted by Gasteiger charge is 2.38. The minimum absolute atomic E-state index is 0.102. The summed E-state index contributed by atoms with van der Waals surface area (Å²) in [7, 11) is -2.96. The Kier molecular flexibility index (Phi) is 4.03. The standard InChI is InChI=1S/C12H15ClN2O2S2/c1-12(6-7-19(16,17)8-12)15-11(18)14-10-5-3-2-4-9(10)13/h2-5H,6-8H2,1H3,(H2,14,15,18)/t12-/m1/s1. The zero-order chi connectivity index (χ0) is 14.1. The first-order valence-corrected chi connectivity index (χ1v) is 8.45. The van der Waals surface area contributed by atoms with Gasteiger partial charge in [-0.3, -0.25) is 0 Å². The molecule has 1 heterocycles. The molecule has 1 aliphatic heterocycles. The van der Waals surface area contributed by atoms with Gasteiger partial charge in [0.25, 0.3) is 0 Å². The largest absolute Gasteiger partial charge is 0.356 e. The number of thiocarbonyl (C=S) groups is 1. The Bertz CT molecular complexity index is 604. The van der Waals surface area contributed by atoms with Gasteiger partial charge in [-0.15, -0.1) is 0 Å². The monoisotopic (exact) mass is 318 g/mol. The maximum Gasteiger partial charge on any atom is 0.171 e. The summed E-state index contributed by atoms with van der Waals surface area (Å²) in [6.45, 7) is 1.86. The summed E-state index contributed by atoms with van der Waals surface area (Å²) in [5.74, 6) is 0.301. The summed E-state index contributed by atoms with van der Waals surface area (Å²) in [5.41, 5.74) is 0.190. The van der Waals surface area contributed by atoms with Crippen molar-refractivity contribution in [2.45, 2.75) is 18.9 Å². The van der Waals surface area contributed by atoms with Crippen LogP contribution in [0.3, 0.4) is 0 Å². The van der Waals surface area contributed by atoms with Gasteiger partial charge >= 0.3 is 0 Å². The van der Waals surface area contributed by atoms with Crippen LogP contribution in [-0.2, 0) is 9.84 Å². The normalized spacial score (nSPS) is 24.9. The zero-order valence-corrected chi connectivity index (χ0v) is 12.8. The first kappa shape index (κ1) is 14.6. The van der Waals surface area contributed by atoms with Crippen LogP contribution in [0.25, 0.3) is 0 Å². The van der Waals surface area contributed by atoms with Crippen molar-refractivity contribution in [3.8, 4) is 0 Å². The quantitative estimate of drug-likeness (QED) is 0.819. The molecule has 2 rings (SSSR count). The first-order chi connectivity index (χ1) is 8.80. The third-order valence-corrected chi connectivity index (χ3v) is 5.48. The van der Waals surface area contributed by atoms with E-state index >= 15 is 0 Å². The molecule has 0 radical (unpaired) electrons. The van der Waals surface area contributed by atoms with Crippen molar-refractivity contribution in [2.24, 2.45) is 0 Å². The number of sulfone groups is 1. The molecule has 0 unspecified atom stereocenters. The Balaban J connectivity index is 2.01. The van der Waals surface area contributed by atoms with Crippen molar-refractivity contribution in [3.63, 3.8) is 0 Å². The lowest BCUT2D eigenvalue weighted by Gasteiger charge is -2.26. The molecule has 0 bridgehead atoms. The van der Waals surface area contributed by atoms with Gasteiger partial charge in [0.1, 0.15) is 0 Å². The molecule has 1 saturated heterocycles. The molecule has 0 saturated carbocycles. The number of nitrogens with one attached hydrogen (secondary N) is 2. The van der Waals surface area contributed by atoms with E-state index in [1.54, 1.807) is 6.07 Å². The van der Waals surface area contributed by atoms with E-state index in [0.717, 1.165) is 0 Å². The maximum absolute atomic E-state index is 11.5. The van der Waals surface area contributed by atoms with Crippen molar-refractivity contribution in [3.05, 3.63) is 29.3 Å². The lowest BCUT2D eigenvalue weighted by Crippen LogP contribution is -2.48. The Labute approximate surface area is 123 Å². The van der Waals surface area contributed by atoms with Gasteiger partial charge in [0.05, 0.1) is 27.8 Å². The average Bonchev–Trinajstić information content (AvgIpc) is 2.56. The minimum Gasteiger partial charge on any atom is -0.356 e. The second kappa shape index (κ2) is 5.26. The molecule has 1 aromatic carbocycles. The Morgan fingerprint density at radius 3 is 2.68 bits per heavy atom. The molecule has 0 aromatic heterocycles. The molecule has 1 aliphatic rings. The molecule has 0 spiro atoms. The molecule has 4 nitrogen and oxygen atoms in total. The third-order valence-electron chi connectivity index (χ3n) is 3.04. The average molecular weight is 319 g/mol. The van der Waals surface area contributed by atoms with Crippen LogP contribution in [-0.4, -0.2) is 30.6 Å². The van der Waals surface area contributed by atoms with E-state index in [0.29, 0.717) is 22.2 Å². The Morgan fingerprint density at radius 1 is 1.42 bits per heavy atom. The second-order valence-electron chi connectivity index (χ2n) is 4.96. The van der Waals surface area contributed by atoms with E-state index in [9.17, 15) is 8.42 Å². The van der Waals surface area contributed by atoms with Gasteiger partial charge < -0.3 is 10.6 Å². The van der Waals surface area contributed by atoms with E-state index < -0.39 is 15.4 Å². The van der Waals surface area contributed by atoms with Crippen molar-refractivity contribution < 1.29 is 8.42 Å². The van der Waals surface area contributed by atoms with Gasteiger partial charge in [-0.05, 0) is 37.7 Å². The van der Waals surface area contributed by atoms with Crippen LogP contribution in [0, 0.1) is 0 Å². The lowest BCUT2D eigenvalue weighted by atomic mass is 10.0. The van der Waals surface area contributed by atoms with Crippen LogP contribution in [0.15, 0.2) is 24.3 Å². The van der Waals surface area contributed by atoms with Gasteiger partial charge in [0.15, 0.2) is 14.9 Å². The van der Waals surface area contributed by atoms with Crippen LogP contribution in [0.1, 0.15) is 13.3 Å². The Hall–Kier alpha value is -0.850. The molecule has 1 atom stereocenters. The molecule has 19 heavy (non-hydrogen) atoms. The predicted octanol–water partition coefficient (Wildman–Crippen LogP) is 2.20. The van der Waals surface area contributed by atoms with Crippen LogP contribution >= 0.6 is 23.8 Å². The number of rotatable bonds is 2. The molecule has 1 fully saturated rings. The second-order valence-corrected chi connectivity index (χ2v) is 7.96. The van der Waals surface area contributed by atoms with Crippen LogP contribution in [0.2, 0.25) is 5.02 Å². The lowest BCUT2D eigenvalue weighted by molar-refractivity contribution is 0.474.